The second-order valence-corrected chi connectivity index (χ2v) is 9.94. The highest BCUT2D eigenvalue weighted by Crippen LogP contribution is 2.29. The number of hydrogen-bond acceptors (Lipinski definition) is 7. The van der Waals surface area contributed by atoms with Gasteiger partial charge in [-0.2, -0.15) is 0 Å². The van der Waals surface area contributed by atoms with Crippen molar-refractivity contribution in [2.24, 2.45) is 0 Å². The van der Waals surface area contributed by atoms with Gasteiger partial charge in [-0.3, -0.25) is 9.69 Å². The first-order valence-corrected chi connectivity index (χ1v) is 13.0. The molecule has 2 fully saturated rings. The Balaban J connectivity index is 1.47. The summed E-state index contributed by atoms with van der Waals surface area (Å²) in [6.45, 7) is 7.75. The first-order valence-electron chi connectivity index (χ1n) is 13.0. The third-order valence-electron chi connectivity index (χ3n) is 7.17. The quantitative estimate of drug-likeness (QED) is 0.474. The number of H-pyrrole nitrogens is 1. The minimum atomic E-state index is -0.0483. The van der Waals surface area contributed by atoms with Gasteiger partial charge in [0.2, 0.25) is 0 Å². The van der Waals surface area contributed by atoms with Gasteiger partial charge in [-0.15, -0.1) is 5.10 Å². The Morgan fingerprint density at radius 2 is 1.97 bits per heavy atom. The van der Waals surface area contributed by atoms with Crippen LogP contribution in [0.4, 0.5) is 0 Å². The number of aromatic amines is 1. The molecule has 188 valence electrons. The van der Waals surface area contributed by atoms with E-state index in [0.29, 0.717) is 13.1 Å². The van der Waals surface area contributed by atoms with E-state index in [4.69, 9.17) is 9.47 Å². The monoisotopic (exact) mass is 480 g/mol. The van der Waals surface area contributed by atoms with E-state index in [-0.39, 0.29) is 23.8 Å². The molecule has 3 atom stereocenters. The fourth-order valence-electron chi connectivity index (χ4n) is 5.37. The van der Waals surface area contributed by atoms with Crippen molar-refractivity contribution >= 4 is 10.9 Å². The van der Waals surface area contributed by atoms with Crippen LogP contribution in [-0.2, 0) is 22.6 Å². The molecule has 0 spiro atoms. The molecule has 2 saturated heterocycles. The number of nitrogens with zero attached hydrogens (tertiary/aromatic N) is 5. The predicted molar refractivity (Wildman–Crippen MR) is 133 cm³/mol. The molecule has 1 N–H and O–H groups in total. The van der Waals surface area contributed by atoms with Crippen LogP contribution in [0.15, 0.2) is 29.1 Å². The van der Waals surface area contributed by atoms with Crippen molar-refractivity contribution in [3.8, 4) is 0 Å². The van der Waals surface area contributed by atoms with E-state index < -0.39 is 0 Å². The standard InChI is InChI=1S/C26H36N6O3/c1-3-6-24(25-28-29-30-32(25)17-22-8-5-12-35-22)31(16-21-7-4-11-34-21)15-20-14-19-13-18(2)9-10-23(19)27-26(20)33/h9-10,13-14,21-22,24H,3-8,11-12,15-17H2,1-2H3,(H,27,33)/t21-,22+,24-/m1/s1. The number of benzene rings is 1. The van der Waals surface area contributed by atoms with E-state index in [1.807, 2.05) is 22.9 Å². The SMILES string of the molecule is CCC[C@H](c1nnnn1C[C@@H]1CCCO1)N(Cc1cc2cc(C)ccc2[nH]c1=O)C[C@H]1CCCO1. The minimum Gasteiger partial charge on any atom is -0.377 e. The van der Waals surface area contributed by atoms with Crippen LogP contribution in [0.5, 0.6) is 0 Å². The Hall–Kier alpha value is -2.62. The lowest BCUT2D eigenvalue weighted by atomic mass is 10.0. The van der Waals surface area contributed by atoms with Gasteiger partial charge < -0.3 is 14.5 Å². The zero-order valence-electron chi connectivity index (χ0n) is 20.8. The van der Waals surface area contributed by atoms with E-state index in [1.54, 1.807) is 0 Å². The lowest BCUT2D eigenvalue weighted by Gasteiger charge is -2.32. The zero-order chi connectivity index (χ0) is 24.2. The number of rotatable bonds is 10. The number of fused-ring (bicyclic) bond motifs is 1. The Bertz CT molecular complexity index is 1180. The fraction of sp³-hybridized carbons (Fsp3) is 0.615. The number of nitrogens with one attached hydrogen (secondary N) is 1. The van der Waals surface area contributed by atoms with Crippen molar-refractivity contribution in [1.82, 2.24) is 30.1 Å². The number of tetrazole rings is 1. The first kappa shape index (κ1) is 24.1. The maximum absolute atomic E-state index is 13.1. The third-order valence-corrected chi connectivity index (χ3v) is 7.17. The highest BCUT2D eigenvalue weighted by Gasteiger charge is 2.31. The molecule has 0 amide bonds. The van der Waals surface area contributed by atoms with Crippen molar-refractivity contribution in [1.29, 1.82) is 0 Å². The molecule has 2 aromatic heterocycles. The summed E-state index contributed by atoms with van der Waals surface area (Å²) in [6, 6.07) is 8.12. The Kier molecular flexibility index (Phi) is 7.55. The molecule has 0 aliphatic carbocycles. The number of ether oxygens (including phenoxy) is 2. The van der Waals surface area contributed by atoms with Gasteiger partial charge in [0.25, 0.3) is 5.56 Å². The molecule has 5 rings (SSSR count). The Morgan fingerprint density at radius 3 is 2.71 bits per heavy atom. The molecule has 2 aliphatic rings. The second-order valence-electron chi connectivity index (χ2n) is 9.94. The second kappa shape index (κ2) is 11.0. The van der Waals surface area contributed by atoms with Gasteiger partial charge in [0, 0.05) is 37.4 Å². The molecule has 9 nitrogen and oxygen atoms in total. The van der Waals surface area contributed by atoms with Gasteiger partial charge in [-0.05, 0) is 73.0 Å². The van der Waals surface area contributed by atoms with Gasteiger partial charge in [0.1, 0.15) is 0 Å². The van der Waals surface area contributed by atoms with Gasteiger partial charge in [-0.1, -0.05) is 25.0 Å². The maximum Gasteiger partial charge on any atom is 0.252 e. The van der Waals surface area contributed by atoms with Crippen molar-refractivity contribution in [2.75, 3.05) is 19.8 Å². The van der Waals surface area contributed by atoms with E-state index in [9.17, 15) is 4.79 Å². The largest absolute Gasteiger partial charge is 0.377 e. The molecule has 0 bridgehead atoms. The van der Waals surface area contributed by atoms with Crippen LogP contribution in [0.2, 0.25) is 0 Å². The van der Waals surface area contributed by atoms with Crippen molar-refractivity contribution < 1.29 is 9.47 Å². The number of aromatic nitrogens is 5. The maximum atomic E-state index is 13.1. The number of hydrogen-bond donors (Lipinski definition) is 1. The Morgan fingerprint density at radius 1 is 1.17 bits per heavy atom. The summed E-state index contributed by atoms with van der Waals surface area (Å²) in [4.78, 5) is 18.5. The molecule has 2 aliphatic heterocycles. The van der Waals surface area contributed by atoms with E-state index in [1.165, 1.54) is 5.56 Å². The van der Waals surface area contributed by atoms with E-state index in [2.05, 4.69) is 45.3 Å². The molecule has 0 radical (unpaired) electrons. The summed E-state index contributed by atoms with van der Waals surface area (Å²) in [5.74, 6) is 0.841. The summed E-state index contributed by atoms with van der Waals surface area (Å²) in [5, 5.41) is 13.9. The number of aryl methyl sites for hydroxylation is 1. The van der Waals surface area contributed by atoms with E-state index >= 15 is 0 Å². The fourth-order valence-corrected chi connectivity index (χ4v) is 5.37. The zero-order valence-corrected chi connectivity index (χ0v) is 20.8. The van der Waals surface area contributed by atoms with Gasteiger partial charge in [0.05, 0.1) is 24.8 Å². The van der Waals surface area contributed by atoms with Crippen molar-refractivity contribution in [3.05, 3.63) is 51.6 Å². The lowest BCUT2D eigenvalue weighted by molar-refractivity contribution is 0.0457. The van der Waals surface area contributed by atoms with Crippen molar-refractivity contribution in [3.63, 3.8) is 0 Å². The van der Waals surface area contributed by atoms with Crippen LogP contribution in [0.25, 0.3) is 10.9 Å². The highest BCUT2D eigenvalue weighted by molar-refractivity contribution is 5.79. The minimum absolute atomic E-state index is 0.0202. The molecule has 35 heavy (non-hydrogen) atoms. The predicted octanol–water partition coefficient (Wildman–Crippen LogP) is 3.52. The molecule has 0 unspecified atom stereocenters. The Labute approximate surface area is 205 Å². The molecular weight excluding hydrogens is 444 g/mol. The molecule has 9 heteroatoms. The topological polar surface area (TPSA) is 98.2 Å². The third kappa shape index (κ3) is 5.63. The number of pyridine rings is 1. The van der Waals surface area contributed by atoms with Crippen LogP contribution < -0.4 is 5.56 Å². The van der Waals surface area contributed by atoms with Gasteiger partial charge in [0.15, 0.2) is 5.82 Å². The summed E-state index contributed by atoms with van der Waals surface area (Å²) in [7, 11) is 0. The molecular formula is C26H36N6O3. The van der Waals surface area contributed by atoms with Crippen molar-refractivity contribution in [2.45, 2.75) is 83.7 Å². The molecule has 4 heterocycles. The average molecular weight is 481 g/mol. The highest BCUT2D eigenvalue weighted by atomic mass is 16.5. The van der Waals surface area contributed by atoms with Gasteiger partial charge in [-0.25, -0.2) is 4.68 Å². The average Bonchev–Trinajstić information content (AvgIpc) is 3.62. The summed E-state index contributed by atoms with van der Waals surface area (Å²) < 4.78 is 13.8. The van der Waals surface area contributed by atoms with Crippen LogP contribution in [0.3, 0.4) is 0 Å². The summed E-state index contributed by atoms with van der Waals surface area (Å²) in [5.41, 5.74) is 2.73. The van der Waals surface area contributed by atoms with Gasteiger partial charge >= 0.3 is 0 Å². The smallest absolute Gasteiger partial charge is 0.252 e. The van der Waals surface area contributed by atoms with Crippen LogP contribution >= 0.6 is 0 Å². The van der Waals surface area contributed by atoms with Crippen LogP contribution in [0, 0.1) is 6.92 Å². The van der Waals surface area contributed by atoms with Crippen LogP contribution in [0.1, 0.15) is 68.4 Å². The molecule has 0 saturated carbocycles. The normalized spacial score (nSPS) is 21.3. The van der Waals surface area contributed by atoms with E-state index in [0.717, 1.165) is 80.6 Å². The summed E-state index contributed by atoms with van der Waals surface area (Å²) in [6.07, 6.45) is 6.39. The molecule has 1 aromatic carbocycles. The summed E-state index contributed by atoms with van der Waals surface area (Å²) >= 11 is 0. The van der Waals surface area contributed by atoms with Crippen LogP contribution in [-0.4, -0.2) is 62.1 Å². The lowest BCUT2D eigenvalue weighted by Crippen LogP contribution is -2.38. The first-order chi connectivity index (χ1) is 17.1. The molecule has 3 aromatic rings.